The van der Waals surface area contributed by atoms with E-state index in [2.05, 4.69) is 15.9 Å². The number of benzene rings is 3. The summed E-state index contributed by atoms with van der Waals surface area (Å²) >= 11 is 4.89. The summed E-state index contributed by atoms with van der Waals surface area (Å²) in [4.78, 5) is 26.3. The van der Waals surface area contributed by atoms with E-state index in [0.717, 1.165) is 43.9 Å². The standard InChI is InChI=1S/C30H27BrN2O4S2/c1-32(2)39(36,37)24-15-9-21(10-16-24)19-33-29(18-27(34)23-13-14-23)38-28(30(33)35)17-20-7-11-22(12-8-20)25-5-3-4-6-26(25)31/h3-12,15-18,23H,13-14,19H2,1-2H3/b28-17-,29-18+. The third-order valence-electron chi connectivity index (χ3n) is 6.62. The van der Waals surface area contributed by atoms with Crippen LogP contribution in [0.3, 0.4) is 0 Å². The Kier molecular flexibility index (Phi) is 7.87. The number of ketones is 1. The quantitative estimate of drug-likeness (QED) is 0.295. The Hall–Kier alpha value is -3.11. The first kappa shape index (κ1) is 27.5. The number of halogens is 1. The van der Waals surface area contributed by atoms with Gasteiger partial charge in [-0.15, -0.1) is 11.3 Å². The number of carbonyl (C=O) groups excluding carboxylic acids is 1. The molecule has 0 radical (unpaired) electrons. The van der Waals surface area contributed by atoms with Crippen LogP contribution in [0.5, 0.6) is 0 Å². The van der Waals surface area contributed by atoms with Gasteiger partial charge in [0.05, 0.1) is 16.0 Å². The van der Waals surface area contributed by atoms with Crippen molar-refractivity contribution in [2.75, 3.05) is 14.1 Å². The second-order valence-electron chi connectivity index (χ2n) is 9.69. The predicted molar refractivity (Wildman–Crippen MR) is 160 cm³/mol. The van der Waals surface area contributed by atoms with Gasteiger partial charge in [-0.25, -0.2) is 12.7 Å². The van der Waals surface area contributed by atoms with Crippen molar-refractivity contribution in [2.45, 2.75) is 24.3 Å². The van der Waals surface area contributed by atoms with E-state index in [0.29, 0.717) is 9.20 Å². The molecule has 1 aliphatic rings. The molecule has 200 valence electrons. The highest BCUT2D eigenvalue weighted by molar-refractivity contribution is 9.10. The van der Waals surface area contributed by atoms with Crippen LogP contribution in [0.25, 0.3) is 23.3 Å². The van der Waals surface area contributed by atoms with E-state index in [4.69, 9.17) is 0 Å². The zero-order valence-corrected chi connectivity index (χ0v) is 24.7. The molecule has 0 atom stereocenters. The zero-order valence-electron chi connectivity index (χ0n) is 21.5. The fourth-order valence-electron chi connectivity index (χ4n) is 4.17. The second kappa shape index (κ2) is 11.2. The van der Waals surface area contributed by atoms with Gasteiger partial charge in [0, 0.05) is 30.6 Å². The van der Waals surface area contributed by atoms with Crippen molar-refractivity contribution >= 4 is 55.2 Å². The Morgan fingerprint density at radius 3 is 2.31 bits per heavy atom. The third-order valence-corrected chi connectivity index (χ3v) is 10.2. The smallest absolute Gasteiger partial charge is 0.269 e. The largest absolute Gasteiger partial charge is 0.294 e. The number of sulfonamides is 1. The van der Waals surface area contributed by atoms with Gasteiger partial charge in [-0.1, -0.05) is 70.5 Å². The normalized spacial score (nSPS) is 14.8. The Morgan fingerprint density at radius 1 is 1.03 bits per heavy atom. The number of rotatable bonds is 8. The van der Waals surface area contributed by atoms with Crippen molar-refractivity contribution < 1.29 is 13.2 Å². The van der Waals surface area contributed by atoms with E-state index in [1.165, 1.54) is 25.4 Å². The lowest BCUT2D eigenvalue weighted by Crippen LogP contribution is -2.32. The maximum atomic E-state index is 13.5. The third kappa shape index (κ3) is 6.06. The number of aromatic nitrogens is 1. The average Bonchev–Trinajstić information content (AvgIpc) is 3.74. The number of nitrogens with zero attached hydrogens (tertiary/aromatic N) is 2. The lowest BCUT2D eigenvalue weighted by Gasteiger charge is -2.11. The van der Waals surface area contributed by atoms with Crippen molar-refractivity contribution in [3.63, 3.8) is 0 Å². The average molecular weight is 624 g/mol. The number of thiazole rings is 1. The van der Waals surface area contributed by atoms with Crippen molar-refractivity contribution in [3.05, 3.63) is 108 Å². The number of hydrogen-bond acceptors (Lipinski definition) is 5. The minimum Gasteiger partial charge on any atom is -0.294 e. The minimum absolute atomic E-state index is 0.0433. The first-order valence-electron chi connectivity index (χ1n) is 12.5. The second-order valence-corrected chi connectivity index (χ2v) is 13.8. The molecule has 4 aromatic rings. The summed E-state index contributed by atoms with van der Waals surface area (Å²) in [7, 11) is -0.576. The first-order chi connectivity index (χ1) is 18.6. The Labute approximate surface area is 239 Å². The lowest BCUT2D eigenvalue weighted by molar-refractivity contribution is -0.114. The fourth-order valence-corrected chi connectivity index (χ4v) is 6.63. The van der Waals surface area contributed by atoms with Crippen molar-refractivity contribution in [3.8, 4) is 11.1 Å². The SMILES string of the molecule is CN(C)S(=O)(=O)c1ccc(Cn2c(=O)/c(=C/c3ccc(-c4ccccc4Br)cc3)s/c2=C/C(=O)C2CC2)cc1. The molecule has 1 aromatic heterocycles. The molecule has 0 N–H and O–H groups in total. The van der Waals surface area contributed by atoms with E-state index in [9.17, 15) is 18.0 Å². The van der Waals surface area contributed by atoms with Crippen LogP contribution in [0.4, 0.5) is 0 Å². The molecule has 0 bridgehead atoms. The molecule has 6 nitrogen and oxygen atoms in total. The highest BCUT2D eigenvalue weighted by Crippen LogP contribution is 2.30. The minimum atomic E-state index is -3.55. The summed E-state index contributed by atoms with van der Waals surface area (Å²) in [5.74, 6) is 0.0882. The molecule has 0 spiro atoms. The zero-order chi connectivity index (χ0) is 27.7. The summed E-state index contributed by atoms with van der Waals surface area (Å²) < 4.78 is 29.7. The summed E-state index contributed by atoms with van der Waals surface area (Å²) in [6, 6.07) is 22.5. The van der Waals surface area contributed by atoms with Crippen LogP contribution in [-0.2, 0) is 21.4 Å². The van der Waals surface area contributed by atoms with Gasteiger partial charge in [-0.3, -0.25) is 14.2 Å². The van der Waals surface area contributed by atoms with Gasteiger partial charge in [0.2, 0.25) is 10.0 Å². The topological polar surface area (TPSA) is 76.5 Å². The van der Waals surface area contributed by atoms with Gasteiger partial charge >= 0.3 is 0 Å². The summed E-state index contributed by atoms with van der Waals surface area (Å²) in [6.45, 7) is 0.232. The fraction of sp³-hybridized carbons (Fsp3) is 0.200. The van der Waals surface area contributed by atoms with Crippen molar-refractivity contribution in [2.24, 2.45) is 5.92 Å². The van der Waals surface area contributed by atoms with Gasteiger partial charge in [0.25, 0.3) is 5.56 Å². The number of Topliss-reactive ketones (excluding diaryl/α,β-unsaturated/α-hetero) is 1. The molecule has 0 aliphatic heterocycles. The molecule has 0 saturated heterocycles. The lowest BCUT2D eigenvalue weighted by atomic mass is 10.0. The van der Waals surface area contributed by atoms with Crippen molar-refractivity contribution in [1.29, 1.82) is 0 Å². The van der Waals surface area contributed by atoms with Crippen molar-refractivity contribution in [1.82, 2.24) is 8.87 Å². The molecule has 39 heavy (non-hydrogen) atoms. The molecular weight excluding hydrogens is 596 g/mol. The van der Waals surface area contributed by atoms with Crippen LogP contribution in [0.15, 0.2) is 87.0 Å². The maximum Gasteiger partial charge on any atom is 0.269 e. The molecule has 0 unspecified atom stereocenters. The molecule has 0 amide bonds. The van der Waals surface area contributed by atoms with Crippen LogP contribution in [0.2, 0.25) is 0 Å². The van der Waals surface area contributed by atoms with Crippen LogP contribution in [0.1, 0.15) is 24.0 Å². The molecule has 5 rings (SSSR count). The van der Waals surface area contributed by atoms with E-state index in [1.54, 1.807) is 34.9 Å². The highest BCUT2D eigenvalue weighted by Gasteiger charge is 2.28. The molecule has 1 heterocycles. The Balaban J connectivity index is 1.51. The molecule has 1 fully saturated rings. The van der Waals surface area contributed by atoms with Crippen LogP contribution < -0.4 is 14.8 Å². The van der Waals surface area contributed by atoms with E-state index in [1.807, 2.05) is 54.6 Å². The van der Waals surface area contributed by atoms with Crippen LogP contribution in [-0.4, -0.2) is 37.2 Å². The highest BCUT2D eigenvalue weighted by atomic mass is 79.9. The van der Waals surface area contributed by atoms with E-state index < -0.39 is 10.0 Å². The summed E-state index contributed by atoms with van der Waals surface area (Å²) in [5, 5.41) is 0. The number of carbonyl (C=O) groups is 1. The Morgan fingerprint density at radius 2 is 1.69 bits per heavy atom. The molecule has 9 heteroatoms. The van der Waals surface area contributed by atoms with Gasteiger partial charge in [-0.05, 0) is 59.4 Å². The summed E-state index contributed by atoms with van der Waals surface area (Å²) in [6.07, 6.45) is 5.20. The predicted octanol–water partition coefficient (Wildman–Crippen LogP) is 4.23. The molecule has 3 aromatic carbocycles. The van der Waals surface area contributed by atoms with Gasteiger partial charge < -0.3 is 0 Å². The van der Waals surface area contributed by atoms with E-state index >= 15 is 0 Å². The van der Waals surface area contributed by atoms with E-state index in [-0.39, 0.29) is 28.7 Å². The van der Waals surface area contributed by atoms with Crippen LogP contribution >= 0.6 is 27.3 Å². The molecule has 1 aliphatic carbocycles. The summed E-state index contributed by atoms with van der Waals surface area (Å²) in [5.41, 5.74) is 3.62. The number of hydrogen-bond donors (Lipinski definition) is 0. The van der Waals surface area contributed by atoms with Gasteiger partial charge in [-0.2, -0.15) is 0 Å². The van der Waals surface area contributed by atoms with Crippen LogP contribution in [0, 0.1) is 5.92 Å². The molecular formula is C30H27BrN2O4S2. The first-order valence-corrected chi connectivity index (χ1v) is 15.5. The maximum absolute atomic E-state index is 13.5. The molecule has 1 saturated carbocycles. The van der Waals surface area contributed by atoms with Gasteiger partial charge in [0.1, 0.15) is 4.66 Å². The monoisotopic (exact) mass is 622 g/mol. The van der Waals surface area contributed by atoms with Gasteiger partial charge in [0.15, 0.2) is 5.78 Å². The Bertz CT molecular complexity index is 1820.